The summed E-state index contributed by atoms with van der Waals surface area (Å²) in [7, 11) is 1.60. The van der Waals surface area contributed by atoms with Crippen molar-refractivity contribution in [3.05, 3.63) is 42.1 Å². The topological polar surface area (TPSA) is 54.5 Å². The number of anilines is 1. The first-order valence-electron chi connectivity index (χ1n) is 8.86. The van der Waals surface area contributed by atoms with Crippen molar-refractivity contribution >= 4 is 11.7 Å². The Morgan fingerprint density at radius 3 is 2.40 bits per heavy atom. The lowest BCUT2D eigenvalue weighted by Gasteiger charge is -2.23. The molecular weight excluding hydrogens is 314 g/mol. The Hall–Kier alpha value is -2.56. The van der Waals surface area contributed by atoms with E-state index in [0.29, 0.717) is 18.0 Å². The van der Waals surface area contributed by atoms with E-state index in [-0.39, 0.29) is 6.03 Å². The molecule has 1 N–H and O–H groups in total. The number of pyridine rings is 1. The number of amides is 2. The molecule has 25 heavy (non-hydrogen) atoms. The predicted octanol–water partition coefficient (Wildman–Crippen LogP) is 4.22. The number of carbonyl (C=O) groups is 1. The van der Waals surface area contributed by atoms with Crippen LogP contribution in [-0.4, -0.2) is 35.1 Å². The molecule has 130 valence electrons. The summed E-state index contributed by atoms with van der Waals surface area (Å²) >= 11 is 0. The number of carbonyl (C=O) groups excluding carboxylic acids is 1. The van der Waals surface area contributed by atoms with Gasteiger partial charge in [-0.3, -0.25) is 0 Å². The van der Waals surface area contributed by atoms with E-state index in [0.717, 1.165) is 48.1 Å². The van der Waals surface area contributed by atoms with Gasteiger partial charge in [0, 0.05) is 35.6 Å². The largest absolute Gasteiger partial charge is 0.481 e. The Bertz CT molecular complexity index is 768. The number of urea groups is 1. The summed E-state index contributed by atoms with van der Waals surface area (Å²) < 4.78 is 5.11. The van der Waals surface area contributed by atoms with Crippen molar-refractivity contribution in [3.63, 3.8) is 0 Å². The zero-order valence-electron chi connectivity index (χ0n) is 14.7. The lowest BCUT2D eigenvalue weighted by Crippen LogP contribution is -2.38. The number of nitrogens with one attached hydrogen (secondary N) is 1. The number of methoxy groups -OCH3 is 1. The zero-order valence-corrected chi connectivity index (χ0v) is 14.7. The number of aryl methyl sites for hydroxylation is 1. The van der Waals surface area contributed by atoms with E-state index >= 15 is 0 Å². The number of hydrogen-bond acceptors (Lipinski definition) is 3. The average molecular weight is 337 g/mol. The molecule has 0 saturated carbocycles. The quantitative estimate of drug-likeness (QED) is 0.912. The van der Waals surface area contributed by atoms with Gasteiger partial charge in [0.1, 0.15) is 0 Å². The van der Waals surface area contributed by atoms with E-state index in [1.165, 1.54) is 0 Å². The lowest BCUT2D eigenvalue weighted by atomic mass is 10.0. The summed E-state index contributed by atoms with van der Waals surface area (Å²) in [6.45, 7) is 2.02. The normalized spacial score (nSPS) is 21.4. The Morgan fingerprint density at radius 2 is 1.80 bits per heavy atom. The van der Waals surface area contributed by atoms with Crippen LogP contribution in [0.4, 0.5) is 10.5 Å². The molecule has 4 rings (SSSR count). The van der Waals surface area contributed by atoms with Crippen LogP contribution in [0, 0.1) is 6.92 Å². The average Bonchev–Trinajstić information content (AvgIpc) is 3.24. The summed E-state index contributed by atoms with van der Waals surface area (Å²) in [6, 6.07) is 10.8. The molecule has 1 aromatic heterocycles. The van der Waals surface area contributed by atoms with Gasteiger partial charge < -0.3 is 15.0 Å². The fourth-order valence-corrected chi connectivity index (χ4v) is 4.03. The van der Waals surface area contributed by atoms with E-state index in [9.17, 15) is 4.79 Å². The lowest BCUT2D eigenvalue weighted by molar-refractivity contribution is 0.206. The van der Waals surface area contributed by atoms with E-state index in [4.69, 9.17) is 4.74 Å². The minimum absolute atomic E-state index is 0.0399. The molecule has 0 atom stereocenters. The van der Waals surface area contributed by atoms with Crippen molar-refractivity contribution in [1.29, 1.82) is 0 Å². The SMILES string of the molecule is COc1ccc(-c2ccc(C)c(NC(=O)N3C4CCC3CC4)c2)cn1. The van der Waals surface area contributed by atoms with Crippen LogP contribution < -0.4 is 10.1 Å². The van der Waals surface area contributed by atoms with Gasteiger partial charge in [-0.2, -0.15) is 0 Å². The third-order valence-corrected chi connectivity index (χ3v) is 5.45. The Kier molecular flexibility index (Phi) is 4.07. The fraction of sp³-hybridized carbons (Fsp3) is 0.400. The third kappa shape index (κ3) is 2.95. The highest BCUT2D eigenvalue weighted by Crippen LogP contribution is 2.38. The first kappa shape index (κ1) is 15.9. The maximum absolute atomic E-state index is 12.7. The summed E-state index contributed by atoms with van der Waals surface area (Å²) in [6.07, 6.45) is 6.38. The Balaban J connectivity index is 1.56. The molecule has 5 nitrogen and oxygen atoms in total. The van der Waals surface area contributed by atoms with Crippen LogP contribution in [-0.2, 0) is 0 Å². The van der Waals surface area contributed by atoms with Gasteiger partial charge in [-0.05, 0) is 55.9 Å². The van der Waals surface area contributed by atoms with Crippen LogP contribution in [0.1, 0.15) is 31.2 Å². The monoisotopic (exact) mass is 337 g/mol. The first-order chi connectivity index (χ1) is 12.2. The van der Waals surface area contributed by atoms with Gasteiger partial charge in [-0.15, -0.1) is 0 Å². The van der Waals surface area contributed by atoms with E-state index in [1.54, 1.807) is 13.3 Å². The van der Waals surface area contributed by atoms with Crippen LogP contribution in [0.25, 0.3) is 11.1 Å². The minimum atomic E-state index is 0.0399. The third-order valence-electron chi connectivity index (χ3n) is 5.45. The van der Waals surface area contributed by atoms with Gasteiger partial charge in [0.15, 0.2) is 0 Å². The molecule has 2 aromatic rings. The van der Waals surface area contributed by atoms with Crippen molar-refractivity contribution in [2.75, 3.05) is 12.4 Å². The Labute approximate surface area is 148 Å². The van der Waals surface area contributed by atoms with Crippen LogP contribution in [0.15, 0.2) is 36.5 Å². The molecule has 3 heterocycles. The van der Waals surface area contributed by atoms with Gasteiger partial charge >= 0.3 is 6.03 Å². The second kappa shape index (κ2) is 6.39. The molecule has 2 amide bonds. The molecule has 2 saturated heterocycles. The number of benzene rings is 1. The van der Waals surface area contributed by atoms with Gasteiger partial charge in [0.2, 0.25) is 5.88 Å². The standard InChI is InChI=1S/C20H23N3O2/c1-13-3-4-14(15-5-10-19(25-2)21-12-15)11-18(13)22-20(24)23-16-6-7-17(23)9-8-16/h3-5,10-12,16-17H,6-9H2,1-2H3,(H,22,24). The smallest absolute Gasteiger partial charge is 0.322 e. The summed E-state index contributed by atoms with van der Waals surface area (Å²) in [5.41, 5.74) is 3.95. The summed E-state index contributed by atoms with van der Waals surface area (Å²) in [5.74, 6) is 0.592. The molecule has 2 bridgehead atoms. The van der Waals surface area contributed by atoms with Gasteiger partial charge in [0.05, 0.1) is 7.11 Å². The number of ether oxygens (including phenoxy) is 1. The molecule has 5 heteroatoms. The molecular formula is C20H23N3O2. The van der Waals surface area contributed by atoms with Gasteiger partial charge in [0.25, 0.3) is 0 Å². The van der Waals surface area contributed by atoms with Gasteiger partial charge in [-0.25, -0.2) is 9.78 Å². The second-order valence-corrected chi connectivity index (χ2v) is 6.92. The van der Waals surface area contributed by atoms with Crippen LogP contribution >= 0.6 is 0 Å². The van der Waals surface area contributed by atoms with Crippen molar-refractivity contribution in [1.82, 2.24) is 9.88 Å². The fourth-order valence-electron chi connectivity index (χ4n) is 4.03. The predicted molar refractivity (Wildman–Crippen MR) is 97.9 cm³/mol. The number of nitrogens with zero attached hydrogens (tertiary/aromatic N) is 2. The molecule has 2 aliphatic rings. The number of fused-ring (bicyclic) bond motifs is 2. The minimum Gasteiger partial charge on any atom is -0.481 e. The maximum Gasteiger partial charge on any atom is 0.322 e. The zero-order chi connectivity index (χ0) is 17.4. The number of aromatic nitrogens is 1. The highest BCUT2D eigenvalue weighted by Gasteiger charge is 2.42. The van der Waals surface area contributed by atoms with Crippen LogP contribution in [0.2, 0.25) is 0 Å². The van der Waals surface area contributed by atoms with Crippen LogP contribution in [0.5, 0.6) is 5.88 Å². The molecule has 0 spiro atoms. The highest BCUT2D eigenvalue weighted by atomic mass is 16.5. The van der Waals surface area contributed by atoms with E-state index in [2.05, 4.69) is 15.2 Å². The Morgan fingerprint density at radius 1 is 1.12 bits per heavy atom. The molecule has 0 unspecified atom stereocenters. The highest BCUT2D eigenvalue weighted by molar-refractivity contribution is 5.92. The van der Waals surface area contributed by atoms with E-state index in [1.807, 2.05) is 37.3 Å². The number of hydrogen-bond donors (Lipinski definition) is 1. The molecule has 2 fully saturated rings. The summed E-state index contributed by atoms with van der Waals surface area (Å²) in [4.78, 5) is 19.1. The molecule has 1 aromatic carbocycles. The van der Waals surface area contributed by atoms with Crippen molar-refractivity contribution in [2.24, 2.45) is 0 Å². The van der Waals surface area contributed by atoms with Crippen molar-refractivity contribution in [2.45, 2.75) is 44.7 Å². The van der Waals surface area contributed by atoms with Crippen molar-refractivity contribution < 1.29 is 9.53 Å². The second-order valence-electron chi connectivity index (χ2n) is 6.92. The van der Waals surface area contributed by atoms with E-state index < -0.39 is 0 Å². The van der Waals surface area contributed by atoms with Crippen LogP contribution in [0.3, 0.4) is 0 Å². The first-order valence-corrected chi connectivity index (χ1v) is 8.86. The molecule has 0 radical (unpaired) electrons. The molecule has 0 aliphatic carbocycles. The maximum atomic E-state index is 12.7. The van der Waals surface area contributed by atoms with Gasteiger partial charge in [-0.1, -0.05) is 12.1 Å². The van der Waals surface area contributed by atoms with Crippen molar-refractivity contribution in [3.8, 4) is 17.0 Å². The number of rotatable bonds is 3. The summed E-state index contributed by atoms with van der Waals surface area (Å²) in [5, 5.41) is 3.13. The molecule has 2 aliphatic heterocycles.